The summed E-state index contributed by atoms with van der Waals surface area (Å²) in [5.74, 6) is -0.133. The molecule has 90 valence electrons. The topological polar surface area (TPSA) is 75.4 Å². The van der Waals surface area contributed by atoms with Gasteiger partial charge >= 0.3 is 0 Å². The lowest BCUT2D eigenvalue weighted by molar-refractivity contribution is -0.124. The second-order valence-corrected chi connectivity index (χ2v) is 4.95. The van der Waals surface area contributed by atoms with E-state index in [4.69, 9.17) is 10.8 Å². The maximum absolute atomic E-state index is 11.6. The van der Waals surface area contributed by atoms with Crippen LogP contribution in [0.25, 0.3) is 0 Å². The average Bonchev–Trinajstić information content (AvgIpc) is 2.14. The highest BCUT2D eigenvalue weighted by atomic mass is 16.3. The first-order valence-electron chi connectivity index (χ1n) is 5.49. The summed E-state index contributed by atoms with van der Waals surface area (Å²) in [6, 6.07) is -0.485. The normalized spacial score (nSPS) is 15.9. The maximum Gasteiger partial charge on any atom is 0.237 e. The van der Waals surface area contributed by atoms with Crippen molar-refractivity contribution in [1.82, 2.24) is 5.32 Å². The fourth-order valence-electron chi connectivity index (χ4n) is 1.31. The molecule has 0 saturated heterocycles. The van der Waals surface area contributed by atoms with E-state index in [1.54, 1.807) is 0 Å². The smallest absolute Gasteiger partial charge is 0.237 e. The third-order valence-electron chi connectivity index (χ3n) is 2.56. The lowest BCUT2D eigenvalue weighted by Crippen LogP contribution is -2.50. The van der Waals surface area contributed by atoms with E-state index < -0.39 is 6.04 Å². The van der Waals surface area contributed by atoms with Crippen LogP contribution in [-0.2, 0) is 4.79 Å². The van der Waals surface area contributed by atoms with Crippen LogP contribution in [0.3, 0.4) is 0 Å². The maximum atomic E-state index is 11.6. The van der Waals surface area contributed by atoms with Crippen molar-refractivity contribution in [3.05, 3.63) is 0 Å². The number of carbonyl (C=O) groups is 1. The van der Waals surface area contributed by atoms with Crippen LogP contribution in [0, 0.1) is 5.41 Å². The predicted molar refractivity (Wildman–Crippen MR) is 61.4 cm³/mol. The van der Waals surface area contributed by atoms with Crippen molar-refractivity contribution in [3.8, 4) is 0 Å². The summed E-state index contributed by atoms with van der Waals surface area (Å²) in [5, 5.41) is 11.8. The minimum Gasteiger partial charge on any atom is -0.396 e. The van der Waals surface area contributed by atoms with Gasteiger partial charge in [-0.05, 0) is 18.3 Å². The van der Waals surface area contributed by atoms with Crippen molar-refractivity contribution < 1.29 is 9.90 Å². The molecule has 15 heavy (non-hydrogen) atoms. The number of hydrogen-bond acceptors (Lipinski definition) is 3. The van der Waals surface area contributed by atoms with Crippen LogP contribution >= 0.6 is 0 Å². The third kappa shape index (κ3) is 5.14. The van der Waals surface area contributed by atoms with Crippen LogP contribution in [0.1, 0.15) is 40.5 Å². The molecular weight excluding hydrogens is 192 g/mol. The minimum atomic E-state index is -0.450. The molecule has 0 aliphatic carbocycles. The highest BCUT2D eigenvalue weighted by Gasteiger charge is 2.26. The standard InChI is InChI=1S/C11H24N2O2/c1-5-8(12)10(15)13-9(6-7-14)11(2,3)4/h8-9,14H,5-7,12H2,1-4H3,(H,13,15). The van der Waals surface area contributed by atoms with E-state index in [1.807, 2.05) is 27.7 Å². The molecular formula is C11H24N2O2. The molecule has 0 heterocycles. The quantitative estimate of drug-likeness (QED) is 0.631. The number of amides is 1. The highest BCUT2D eigenvalue weighted by molar-refractivity contribution is 5.81. The second kappa shape index (κ2) is 6.08. The van der Waals surface area contributed by atoms with Crippen LogP contribution in [0.5, 0.6) is 0 Å². The first-order valence-corrected chi connectivity index (χ1v) is 5.49. The molecule has 0 spiro atoms. The Kier molecular flexibility index (Phi) is 5.83. The molecule has 4 nitrogen and oxygen atoms in total. The van der Waals surface area contributed by atoms with Gasteiger partial charge in [0.15, 0.2) is 0 Å². The van der Waals surface area contributed by atoms with E-state index in [0.29, 0.717) is 12.8 Å². The van der Waals surface area contributed by atoms with Gasteiger partial charge in [0.2, 0.25) is 5.91 Å². The summed E-state index contributed by atoms with van der Waals surface area (Å²) in [4.78, 5) is 11.6. The molecule has 0 saturated carbocycles. The lowest BCUT2D eigenvalue weighted by Gasteiger charge is -2.31. The molecule has 0 aromatic rings. The van der Waals surface area contributed by atoms with Gasteiger partial charge in [-0.3, -0.25) is 4.79 Å². The van der Waals surface area contributed by atoms with E-state index >= 15 is 0 Å². The molecule has 0 aromatic carbocycles. The van der Waals surface area contributed by atoms with Crippen molar-refractivity contribution in [1.29, 1.82) is 0 Å². The van der Waals surface area contributed by atoms with Crippen LogP contribution in [-0.4, -0.2) is 29.7 Å². The van der Waals surface area contributed by atoms with Crippen molar-refractivity contribution in [2.45, 2.75) is 52.6 Å². The van der Waals surface area contributed by atoms with Crippen molar-refractivity contribution >= 4 is 5.91 Å². The average molecular weight is 216 g/mol. The van der Waals surface area contributed by atoms with Crippen LogP contribution in [0.15, 0.2) is 0 Å². The molecule has 0 aliphatic heterocycles. The van der Waals surface area contributed by atoms with Crippen molar-refractivity contribution in [3.63, 3.8) is 0 Å². The summed E-state index contributed by atoms with van der Waals surface area (Å²) < 4.78 is 0. The van der Waals surface area contributed by atoms with Crippen LogP contribution in [0.4, 0.5) is 0 Å². The fourth-order valence-corrected chi connectivity index (χ4v) is 1.31. The van der Waals surface area contributed by atoms with Gasteiger partial charge in [0.25, 0.3) is 0 Å². The largest absolute Gasteiger partial charge is 0.396 e. The van der Waals surface area contributed by atoms with Gasteiger partial charge in [-0.1, -0.05) is 27.7 Å². The van der Waals surface area contributed by atoms with Gasteiger partial charge in [-0.15, -0.1) is 0 Å². The SMILES string of the molecule is CCC(N)C(=O)NC(CCO)C(C)(C)C. The molecule has 0 fully saturated rings. The van der Waals surface area contributed by atoms with E-state index in [9.17, 15) is 4.79 Å². The number of aliphatic hydroxyl groups is 1. The van der Waals surface area contributed by atoms with Gasteiger partial charge in [0, 0.05) is 12.6 Å². The van der Waals surface area contributed by atoms with Crippen molar-refractivity contribution in [2.24, 2.45) is 11.1 Å². The van der Waals surface area contributed by atoms with Gasteiger partial charge in [0.05, 0.1) is 6.04 Å². The van der Waals surface area contributed by atoms with Gasteiger partial charge in [-0.25, -0.2) is 0 Å². The Labute approximate surface area is 92.2 Å². The number of nitrogens with two attached hydrogens (primary N) is 1. The van der Waals surface area contributed by atoms with E-state index in [2.05, 4.69) is 5.32 Å². The molecule has 1 amide bonds. The first-order chi connectivity index (χ1) is 6.82. The summed E-state index contributed by atoms with van der Waals surface area (Å²) >= 11 is 0. The first kappa shape index (κ1) is 14.4. The van der Waals surface area contributed by atoms with Gasteiger partial charge < -0.3 is 16.2 Å². The summed E-state index contributed by atoms with van der Waals surface area (Å²) in [6.07, 6.45) is 1.19. The Morgan fingerprint density at radius 2 is 2.00 bits per heavy atom. The van der Waals surface area contributed by atoms with E-state index in [0.717, 1.165) is 0 Å². The summed E-state index contributed by atoms with van der Waals surface area (Å²) in [7, 11) is 0. The molecule has 2 atom stereocenters. The Bertz CT molecular complexity index is 199. The molecule has 0 aromatic heterocycles. The Balaban J connectivity index is 4.35. The molecule has 2 unspecified atom stereocenters. The van der Waals surface area contributed by atoms with Gasteiger partial charge in [0.1, 0.15) is 0 Å². The van der Waals surface area contributed by atoms with E-state index in [1.165, 1.54) is 0 Å². The predicted octanol–water partition coefficient (Wildman–Crippen LogP) is 0.637. The zero-order chi connectivity index (χ0) is 12.1. The monoisotopic (exact) mass is 216 g/mol. The lowest BCUT2D eigenvalue weighted by atomic mass is 9.84. The van der Waals surface area contributed by atoms with Crippen LogP contribution < -0.4 is 11.1 Å². The summed E-state index contributed by atoms with van der Waals surface area (Å²) in [6.45, 7) is 8.05. The Hall–Kier alpha value is -0.610. The van der Waals surface area contributed by atoms with Crippen molar-refractivity contribution in [2.75, 3.05) is 6.61 Å². The Morgan fingerprint density at radius 1 is 1.47 bits per heavy atom. The fraction of sp³-hybridized carbons (Fsp3) is 0.909. The highest BCUT2D eigenvalue weighted by Crippen LogP contribution is 2.21. The minimum absolute atomic E-state index is 0.0346. The molecule has 0 bridgehead atoms. The number of carbonyl (C=O) groups excluding carboxylic acids is 1. The number of nitrogens with one attached hydrogen (secondary N) is 1. The zero-order valence-corrected chi connectivity index (χ0v) is 10.2. The second-order valence-electron chi connectivity index (χ2n) is 4.95. The summed E-state index contributed by atoms with van der Waals surface area (Å²) in [5.41, 5.74) is 5.57. The molecule has 4 N–H and O–H groups in total. The Morgan fingerprint density at radius 3 is 2.33 bits per heavy atom. The molecule has 0 rings (SSSR count). The number of hydrogen-bond donors (Lipinski definition) is 3. The van der Waals surface area contributed by atoms with Gasteiger partial charge in [-0.2, -0.15) is 0 Å². The molecule has 0 aliphatic rings. The molecule has 4 heteroatoms. The third-order valence-corrected chi connectivity index (χ3v) is 2.56. The molecule has 0 radical (unpaired) electrons. The number of rotatable bonds is 5. The number of aliphatic hydroxyl groups excluding tert-OH is 1. The van der Waals surface area contributed by atoms with Crippen LogP contribution in [0.2, 0.25) is 0 Å². The van der Waals surface area contributed by atoms with E-state index in [-0.39, 0.29) is 24.0 Å². The zero-order valence-electron chi connectivity index (χ0n) is 10.2.